The van der Waals surface area contributed by atoms with Gasteiger partial charge in [0.2, 0.25) is 23.8 Å². The third-order valence-electron chi connectivity index (χ3n) is 8.45. The summed E-state index contributed by atoms with van der Waals surface area (Å²) >= 11 is 0. The minimum Gasteiger partial charge on any atom is -0.378 e. The van der Waals surface area contributed by atoms with Gasteiger partial charge < -0.3 is 44.7 Å². The smallest absolute Gasteiger partial charge is 0.247 e. The first-order valence-corrected chi connectivity index (χ1v) is 17.3. The maximum absolute atomic E-state index is 13.9. The Bertz CT molecular complexity index is 1260. The number of rotatable bonds is 21. The summed E-state index contributed by atoms with van der Waals surface area (Å²) in [6, 6.07) is -0.391. The Labute approximate surface area is 284 Å². The van der Waals surface area contributed by atoms with E-state index in [9.17, 15) is 4.79 Å². The third-order valence-corrected chi connectivity index (χ3v) is 8.45. The van der Waals surface area contributed by atoms with Gasteiger partial charge in [0, 0.05) is 52.0 Å². The van der Waals surface area contributed by atoms with Crippen molar-refractivity contribution in [1.82, 2.24) is 34.8 Å². The molecule has 2 aromatic rings. The van der Waals surface area contributed by atoms with E-state index in [1.807, 2.05) is 11.1 Å². The van der Waals surface area contributed by atoms with E-state index in [2.05, 4.69) is 50.9 Å². The molecule has 0 radical (unpaired) electrons. The van der Waals surface area contributed by atoms with Gasteiger partial charge in [-0.1, -0.05) is 31.4 Å². The highest BCUT2D eigenvalue weighted by Gasteiger charge is 2.33. The van der Waals surface area contributed by atoms with Crippen LogP contribution in [0.4, 0.5) is 17.8 Å². The SMILES string of the molecule is C#CCOCCOCCOCCNc1nc(N2CCOCC2)nc(N2CCN(C(=O)[C@H]([C@@H](C)CC)n3cc(CCCC[NH3+])nn3)CC2)n1. The highest BCUT2D eigenvalue weighted by Crippen LogP contribution is 2.25. The van der Waals surface area contributed by atoms with E-state index in [4.69, 9.17) is 40.3 Å². The second-order valence-corrected chi connectivity index (χ2v) is 11.9. The van der Waals surface area contributed by atoms with Gasteiger partial charge in [-0.2, -0.15) is 15.0 Å². The van der Waals surface area contributed by atoms with Crippen LogP contribution in [0.25, 0.3) is 0 Å². The summed E-state index contributed by atoms with van der Waals surface area (Å²) in [7, 11) is 0. The van der Waals surface area contributed by atoms with E-state index in [1.54, 1.807) is 4.68 Å². The number of nitrogens with zero attached hydrogens (tertiary/aromatic N) is 9. The van der Waals surface area contributed by atoms with Crippen LogP contribution < -0.4 is 20.9 Å². The molecule has 0 saturated carbocycles. The predicted molar refractivity (Wildman–Crippen MR) is 181 cm³/mol. The number of nitrogens with one attached hydrogen (secondary N) is 1. The summed E-state index contributed by atoms with van der Waals surface area (Å²) in [4.78, 5) is 34.4. The van der Waals surface area contributed by atoms with Crippen LogP contribution in [-0.2, 0) is 30.2 Å². The summed E-state index contributed by atoms with van der Waals surface area (Å²) in [6.07, 6.45) is 10.9. The number of hydrogen-bond donors (Lipinski definition) is 2. The Balaban J connectivity index is 1.33. The Morgan fingerprint density at radius 3 is 2.31 bits per heavy atom. The van der Waals surface area contributed by atoms with Crippen molar-refractivity contribution in [2.45, 2.75) is 45.6 Å². The molecular formula is C32H54N11O5+. The zero-order valence-corrected chi connectivity index (χ0v) is 28.7. The van der Waals surface area contributed by atoms with E-state index in [1.165, 1.54) is 0 Å². The number of aryl methyl sites for hydroxylation is 1. The maximum atomic E-state index is 13.9. The number of terminal acetylenes is 1. The summed E-state index contributed by atoms with van der Waals surface area (Å²) in [6.45, 7) is 13.3. The zero-order chi connectivity index (χ0) is 34.0. The van der Waals surface area contributed by atoms with E-state index >= 15 is 0 Å². The van der Waals surface area contributed by atoms with Gasteiger partial charge >= 0.3 is 0 Å². The number of anilines is 3. The van der Waals surface area contributed by atoms with Gasteiger partial charge in [-0.05, 0) is 25.2 Å². The highest BCUT2D eigenvalue weighted by atomic mass is 16.5. The van der Waals surface area contributed by atoms with Crippen molar-refractivity contribution in [2.24, 2.45) is 5.92 Å². The molecular weight excluding hydrogens is 618 g/mol. The van der Waals surface area contributed by atoms with Gasteiger partial charge in [0.25, 0.3) is 0 Å². The molecule has 2 saturated heterocycles. The lowest BCUT2D eigenvalue weighted by Gasteiger charge is -2.37. The van der Waals surface area contributed by atoms with Crippen molar-refractivity contribution in [1.29, 1.82) is 0 Å². The van der Waals surface area contributed by atoms with Gasteiger partial charge in [0.05, 0.1) is 58.5 Å². The molecule has 0 aliphatic carbocycles. The lowest BCUT2D eigenvalue weighted by Crippen LogP contribution is -2.52. The molecule has 4 N–H and O–H groups in total. The predicted octanol–water partition coefficient (Wildman–Crippen LogP) is -0.105. The minimum absolute atomic E-state index is 0.0767. The standard InChI is InChI=1S/C32H53N11O5/c1-4-17-45-21-23-48-24-22-46-18-10-34-30-35-31(37-32(36-30)42-15-19-47-20-16-42)41-13-11-40(12-14-41)29(44)28(26(3)5-2)43-25-27(38-39-43)8-6-7-9-33/h1,25-26,28H,5-24,33H2,2-3H3,(H,34,35,36,37)/p+1/t26-,28-/m0/s1. The number of piperazine rings is 1. The van der Waals surface area contributed by atoms with Crippen LogP contribution >= 0.6 is 0 Å². The fraction of sp³-hybridized carbons (Fsp3) is 0.750. The first kappa shape index (κ1) is 37.2. The number of hydrogen-bond acceptors (Lipinski definition) is 13. The molecule has 4 rings (SSSR count). The third kappa shape index (κ3) is 11.5. The Morgan fingerprint density at radius 2 is 1.65 bits per heavy atom. The second kappa shape index (κ2) is 20.7. The molecule has 0 bridgehead atoms. The van der Waals surface area contributed by atoms with Crippen molar-refractivity contribution in [3.8, 4) is 12.3 Å². The molecule has 16 heteroatoms. The molecule has 4 heterocycles. The lowest BCUT2D eigenvalue weighted by molar-refractivity contribution is -0.368. The number of carbonyl (C=O) groups excluding carboxylic acids is 1. The van der Waals surface area contributed by atoms with Crippen LogP contribution in [0.15, 0.2) is 6.20 Å². The van der Waals surface area contributed by atoms with Crippen molar-refractivity contribution in [2.75, 3.05) is 120 Å². The Morgan fingerprint density at radius 1 is 0.979 bits per heavy atom. The zero-order valence-electron chi connectivity index (χ0n) is 28.7. The summed E-state index contributed by atoms with van der Waals surface area (Å²) in [5, 5.41) is 12.0. The number of amides is 1. The number of unbranched alkanes of at least 4 members (excludes halogenated alkanes) is 1. The molecule has 266 valence electrons. The van der Waals surface area contributed by atoms with Crippen LogP contribution in [0.3, 0.4) is 0 Å². The first-order valence-electron chi connectivity index (χ1n) is 17.3. The number of aromatic nitrogens is 6. The van der Waals surface area contributed by atoms with Crippen LogP contribution in [0.2, 0.25) is 0 Å². The number of quaternary nitrogens is 1. The molecule has 2 fully saturated rings. The minimum atomic E-state index is -0.391. The Kier molecular flexibility index (Phi) is 16.0. The van der Waals surface area contributed by atoms with Crippen molar-refractivity contribution < 1.29 is 29.5 Å². The normalized spacial score (nSPS) is 16.5. The molecule has 48 heavy (non-hydrogen) atoms. The molecule has 0 spiro atoms. The van der Waals surface area contributed by atoms with Crippen LogP contribution in [0, 0.1) is 18.3 Å². The second-order valence-electron chi connectivity index (χ2n) is 11.9. The molecule has 2 aromatic heterocycles. The molecule has 0 unspecified atom stereocenters. The maximum Gasteiger partial charge on any atom is 0.247 e. The largest absolute Gasteiger partial charge is 0.378 e. The fourth-order valence-electron chi connectivity index (χ4n) is 5.49. The monoisotopic (exact) mass is 672 g/mol. The van der Waals surface area contributed by atoms with Crippen molar-refractivity contribution in [3.63, 3.8) is 0 Å². The molecule has 2 aliphatic heterocycles. The van der Waals surface area contributed by atoms with Gasteiger partial charge in [-0.3, -0.25) is 4.79 Å². The van der Waals surface area contributed by atoms with E-state index in [0.29, 0.717) is 110 Å². The summed E-state index contributed by atoms with van der Waals surface area (Å²) in [5.41, 5.74) is 4.84. The van der Waals surface area contributed by atoms with E-state index in [0.717, 1.165) is 37.9 Å². The summed E-state index contributed by atoms with van der Waals surface area (Å²) in [5.74, 6) is 4.30. The molecule has 16 nitrogen and oxygen atoms in total. The number of carbonyl (C=O) groups is 1. The van der Waals surface area contributed by atoms with E-state index in [-0.39, 0.29) is 18.4 Å². The first-order chi connectivity index (χ1) is 23.5. The summed E-state index contributed by atoms with van der Waals surface area (Å²) < 4.78 is 23.7. The number of ether oxygens (including phenoxy) is 4. The van der Waals surface area contributed by atoms with E-state index < -0.39 is 6.04 Å². The topological polar surface area (TPSA) is 173 Å². The van der Waals surface area contributed by atoms with Gasteiger partial charge in [-0.25, -0.2) is 4.68 Å². The van der Waals surface area contributed by atoms with Crippen molar-refractivity contribution in [3.05, 3.63) is 11.9 Å². The molecule has 2 aliphatic rings. The van der Waals surface area contributed by atoms with Crippen LogP contribution in [-0.4, -0.2) is 146 Å². The van der Waals surface area contributed by atoms with Gasteiger partial charge in [-0.15, -0.1) is 11.5 Å². The van der Waals surface area contributed by atoms with Gasteiger partial charge in [0.1, 0.15) is 12.6 Å². The van der Waals surface area contributed by atoms with Crippen molar-refractivity contribution >= 4 is 23.8 Å². The molecule has 2 atom stereocenters. The average molecular weight is 673 g/mol. The van der Waals surface area contributed by atoms with Crippen LogP contribution in [0.1, 0.15) is 44.8 Å². The molecule has 0 aromatic carbocycles. The highest BCUT2D eigenvalue weighted by molar-refractivity contribution is 5.81. The fourth-order valence-corrected chi connectivity index (χ4v) is 5.49. The molecule has 1 amide bonds. The van der Waals surface area contributed by atoms with Crippen LogP contribution in [0.5, 0.6) is 0 Å². The Hall–Kier alpha value is -3.62. The van der Waals surface area contributed by atoms with Gasteiger partial charge in [0.15, 0.2) is 0 Å². The average Bonchev–Trinajstić information content (AvgIpc) is 3.59. The lowest BCUT2D eigenvalue weighted by atomic mass is 9.97. The quantitative estimate of drug-likeness (QED) is 0.133. The number of morpholine rings is 1.